The maximum absolute atomic E-state index is 10.0. The third-order valence-corrected chi connectivity index (χ3v) is 3.89. The van der Waals surface area contributed by atoms with Crippen molar-refractivity contribution in [2.24, 2.45) is 4.99 Å². The van der Waals surface area contributed by atoms with E-state index in [0.717, 1.165) is 24.6 Å². The van der Waals surface area contributed by atoms with E-state index in [0.29, 0.717) is 18.7 Å². The number of nitrogens with one attached hydrogen (secondary N) is 1. The maximum atomic E-state index is 10.0. The van der Waals surface area contributed by atoms with Gasteiger partial charge in [0.2, 0.25) is 0 Å². The molecule has 0 atom stereocenters. The Balaban J connectivity index is 0.00000338. The van der Waals surface area contributed by atoms with Gasteiger partial charge in [-0.05, 0) is 30.5 Å². The van der Waals surface area contributed by atoms with Crippen LogP contribution in [0.1, 0.15) is 18.1 Å². The third-order valence-electron chi connectivity index (χ3n) is 3.89. The first-order chi connectivity index (χ1) is 12.1. The van der Waals surface area contributed by atoms with Crippen LogP contribution in [0.4, 0.5) is 0 Å². The Morgan fingerprint density at radius 2 is 1.92 bits per heavy atom. The summed E-state index contributed by atoms with van der Waals surface area (Å²) < 4.78 is 5.11. The van der Waals surface area contributed by atoms with Gasteiger partial charge < -0.3 is 20.1 Å². The summed E-state index contributed by atoms with van der Waals surface area (Å²) in [6.07, 6.45) is 0.671. The minimum Gasteiger partial charge on any atom is -0.508 e. The molecule has 0 saturated carbocycles. The normalized spacial score (nSPS) is 10.8. The van der Waals surface area contributed by atoms with E-state index in [2.05, 4.69) is 34.3 Å². The highest BCUT2D eigenvalue weighted by molar-refractivity contribution is 14.0. The number of phenols is 1. The lowest BCUT2D eigenvalue weighted by atomic mass is 10.1. The summed E-state index contributed by atoms with van der Waals surface area (Å²) in [4.78, 5) is 6.78. The molecule has 6 heteroatoms. The monoisotopic (exact) mass is 469 g/mol. The zero-order valence-electron chi connectivity index (χ0n) is 15.6. The van der Waals surface area contributed by atoms with Crippen molar-refractivity contribution in [1.29, 1.82) is 0 Å². The zero-order chi connectivity index (χ0) is 18.1. The van der Waals surface area contributed by atoms with Crippen molar-refractivity contribution < 1.29 is 9.84 Å². The van der Waals surface area contributed by atoms with E-state index in [-0.39, 0.29) is 29.7 Å². The van der Waals surface area contributed by atoms with Crippen molar-refractivity contribution >= 4 is 29.9 Å². The molecule has 0 fully saturated rings. The van der Waals surface area contributed by atoms with Crippen LogP contribution >= 0.6 is 24.0 Å². The SMILES string of the molecule is CCNC(=NCCc1ccc(OC)cc1O)N(C)Cc1ccccc1.I. The summed E-state index contributed by atoms with van der Waals surface area (Å²) >= 11 is 0. The van der Waals surface area contributed by atoms with Crippen molar-refractivity contribution in [3.8, 4) is 11.5 Å². The quantitative estimate of drug-likeness (QED) is 0.369. The average molecular weight is 469 g/mol. The van der Waals surface area contributed by atoms with Gasteiger partial charge in [-0.3, -0.25) is 4.99 Å². The summed E-state index contributed by atoms with van der Waals surface area (Å²) in [6.45, 7) is 4.26. The number of benzene rings is 2. The fourth-order valence-corrected chi connectivity index (χ4v) is 2.57. The average Bonchev–Trinajstić information content (AvgIpc) is 2.63. The Hall–Kier alpha value is -1.96. The molecule has 0 unspecified atom stereocenters. The molecule has 0 aliphatic carbocycles. The van der Waals surface area contributed by atoms with Crippen LogP contribution in [0.2, 0.25) is 0 Å². The Labute approximate surface area is 173 Å². The van der Waals surface area contributed by atoms with Crippen LogP contribution < -0.4 is 10.1 Å². The van der Waals surface area contributed by atoms with Gasteiger partial charge in [0.25, 0.3) is 0 Å². The number of methoxy groups -OCH3 is 1. The molecular formula is C20H28IN3O2. The molecular weight excluding hydrogens is 441 g/mol. The largest absolute Gasteiger partial charge is 0.508 e. The van der Waals surface area contributed by atoms with Gasteiger partial charge in [0, 0.05) is 32.7 Å². The number of hydrogen-bond donors (Lipinski definition) is 2. The first kappa shape index (κ1) is 22.1. The van der Waals surface area contributed by atoms with Gasteiger partial charge in [-0.25, -0.2) is 0 Å². The summed E-state index contributed by atoms with van der Waals surface area (Å²) in [7, 11) is 3.61. The highest BCUT2D eigenvalue weighted by Crippen LogP contribution is 2.23. The number of phenolic OH excluding ortho intramolecular Hbond substituents is 1. The number of ether oxygens (including phenoxy) is 1. The van der Waals surface area contributed by atoms with Crippen molar-refractivity contribution in [2.75, 3.05) is 27.2 Å². The molecule has 0 spiro atoms. The summed E-state index contributed by atoms with van der Waals surface area (Å²) in [5, 5.41) is 13.4. The van der Waals surface area contributed by atoms with Gasteiger partial charge in [0.15, 0.2) is 5.96 Å². The Bertz CT molecular complexity index is 693. The van der Waals surface area contributed by atoms with Crippen LogP contribution in [0.25, 0.3) is 0 Å². The predicted octanol–water partition coefficient (Wildman–Crippen LogP) is 3.66. The molecule has 0 saturated heterocycles. The molecule has 26 heavy (non-hydrogen) atoms. The van der Waals surface area contributed by atoms with Gasteiger partial charge in [-0.15, -0.1) is 24.0 Å². The smallest absolute Gasteiger partial charge is 0.193 e. The highest BCUT2D eigenvalue weighted by atomic mass is 127. The van der Waals surface area contributed by atoms with E-state index in [4.69, 9.17) is 4.74 Å². The van der Waals surface area contributed by atoms with Crippen LogP contribution in [0, 0.1) is 0 Å². The zero-order valence-corrected chi connectivity index (χ0v) is 17.9. The fourth-order valence-electron chi connectivity index (χ4n) is 2.57. The molecule has 2 aromatic carbocycles. The second-order valence-electron chi connectivity index (χ2n) is 5.82. The van der Waals surface area contributed by atoms with Crippen molar-refractivity contribution in [3.05, 3.63) is 59.7 Å². The number of rotatable bonds is 7. The Kier molecular flexibility index (Phi) is 9.87. The molecule has 0 radical (unpaired) electrons. The van der Waals surface area contributed by atoms with E-state index >= 15 is 0 Å². The van der Waals surface area contributed by atoms with Crippen molar-refractivity contribution in [3.63, 3.8) is 0 Å². The molecule has 5 nitrogen and oxygen atoms in total. The van der Waals surface area contributed by atoms with Gasteiger partial charge in [0.05, 0.1) is 7.11 Å². The topological polar surface area (TPSA) is 57.1 Å². The van der Waals surface area contributed by atoms with E-state index in [1.807, 2.05) is 37.4 Å². The molecule has 0 bridgehead atoms. The second kappa shape index (κ2) is 11.6. The first-order valence-corrected chi connectivity index (χ1v) is 8.53. The van der Waals surface area contributed by atoms with E-state index < -0.39 is 0 Å². The standard InChI is InChI=1S/C20H27N3O2.HI/c1-4-21-20(23(2)15-16-8-6-5-7-9-16)22-13-12-17-10-11-18(25-3)14-19(17)24;/h5-11,14,24H,4,12-13,15H2,1-3H3,(H,21,22);1H. The molecule has 2 rings (SSSR count). The Morgan fingerprint density at radius 3 is 2.54 bits per heavy atom. The molecule has 0 aliphatic heterocycles. The number of guanidine groups is 1. The molecule has 2 N–H and O–H groups in total. The van der Waals surface area contributed by atoms with Gasteiger partial charge in [0.1, 0.15) is 11.5 Å². The third kappa shape index (κ3) is 6.74. The summed E-state index contributed by atoms with van der Waals surface area (Å²) in [5.41, 5.74) is 2.11. The highest BCUT2D eigenvalue weighted by Gasteiger charge is 2.07. The molecule has 0 aromatic heterocycles. The van der Waals surface area contributed by atoms with E-state index in [9.17, 15) is 5.11 Å². The first-order valence-electron chi connectivity index (χ1n) is 8.53. The van der Waals surface area contributed by atoms with Crippen LogP contribution in [0.15, 0.2) is 53.5 Å². The lowest BCUT2D eigenvalue weighted by Crippen LogP contribution is -2.38. The number of halogens is 1. The molecule has 142 valence electrons. The number of hydrogen-bond acceptors (Lipinski definition) is 3. The summed E-state index contributed by atoms with van der Waals surface area (Å²) in [5.74, 6) is 1.76. The minimum absolute atomic E-state index is 0. The molecule has 0 aliphatic rings. The van der Waals surface area contributed by atoms with Crippen LogP contribution in [-0.4, -0.2) is 43.2 Å². The lowest BCUT2D eigenvalue weighted by Gasteiger charge is -2.22. The van der Waals surface area contributed by atoms with Gasteiger partial charge >= 0.3 is 0 Å². The van der Waals surface area contributed by atoms with E-state index in [1.54, 1.807) is 13.2 Å². The fraction of sp³-hybridized carbons (Fsp3) is 0.350. The Morgan fingerprint density at radius 1 is 1.19 bits per heavy atom. The molecule has 0 amide bonds. The van der Waals surface area contributed by atoms with Crippen LogP contribution in [-0.2, 0) is 13.0 Å². The number of aliphatic imine (C=N–C) groups is 1. The lowest BCUT2D eigenvalue weighted by molar-refractivity contribution is 0.406. The van der Waals surface area contributed by atoms with Gasteiger partial charge in [-0.1, -0.05) is 36.4 Å². The molecule has 2 aromatic rings. The second-order valence-corrected chi connectivity index (χ2v) is 5.82. The number of nitrogens with zero attached hydrogens (tertiary/aromatic N) is 2. The molecule has 0 heterocycles. The van der Waals surface area contributed by atoms with Gasteiger partial charge in [-0.2, -0.15) is 0 Å². The number of aromatic hydroxyl groups is 1. The van der Waals surface area contributed by atoms with Crippen molar-refractivity contribution in [1.82, 2.24) is 10.2 Å². The van der Waals surface area contributed by atoms with Crippen molar-refractivity contribution in [2.45, 2.75) is 19.9 Å². The van der Waals surface area contributed by atoms with Crippen LogP contribution in [0.5, 0.6) is 11.5 Å². The minimum atomic E-state index is 0. The van der Waals surface area contributed by atoms with Crippen LogP contribution in [0.3, 0.4) is 0 Å². The predicted molar refractivity (Wildman–Crippen MR) is 118 cm³/mol. The van der Waals surface area contributed by atoms with E-state index in [1.165, 1.54) is 5.56 Å². The summed E-state index contributed by atoms with van der Waals surface area (Å²) in [6, 6.07) is 15.7. The maximum Gasteiger partial charge on any atom is 0.193 e.